The van der Waals surface area contributed by atoms with Gasteiger partial charge >= 0.3 is 0 Å². The summed E-state index contributed by atoms with van der Waals surface area (Å²) in [4.78, 5) is 26.8. The number of anilines is 2. The zero-order valence-electron chi connectivity index (χ0n) is 18.1. The summed E-state index contributed by atoms with van der Waals surface area (Å²) < 4.78 is 1.70. The van der Waals surface area contributed by atoms with E-state index in [-0.39, 0.29) is 11.3 Å². The van der Waals surface area contributed by atoms with Crippen LogP contribution in [0.15, 0.2) is 36.4 Å². The van der Waals surface area contributed by atoms with Gasteiger partial charge in [0.1, 0.15) is 10.7 Å². The second kappa shape index (κ2) is 8.24. The van der Waals surface area contributed by atoms with E-state index in [4.69, 9.17) is 0 Å². The predicted octanol–water partition coefficient (Wildman–Crippen LogP) is 4.23. The molecule has 0 spiro atoms. The van der Waals surface area contributed by atoms with Crippen molar-refractivity contribution < 1.29 is 9.72 Å². The van der Waals surface area contributed by atoms with Crippen molar-refractivity contribution in [3.05, 3.63) is 63.5 Å². The van der Waals surface area contributed by atoms with Crippen LogP contribution in [-0.2, 0) is 0 Å². The molecule has 0 bridgehead atoms. The monoisotopic (exact) mass is 463 g/mol. The summed E-state index contributed by atoms with van der Waals surface area (Å²) in [5.74, 6) is 0.328. The fourth-order valence-corrected chi connectivity index (χ4v) is 4.88. The van der Waals surface area contributed by atoms with Crippen molar-refractivity contribution in [1.29, 1.82) is 0 Å². The molecule has 1 aliphatic heterocycles. The van der Waals surface area contributed by atoms with Gasteiger partial charge in [0.2, 0.25) is 4.96 Å². The Morgan fingerprint density at radius 2 is 1.91 bits per heavy atom. The summed E-state index contributed by atoms with van der Waals surface area (Å²) in [5.41, 5.74) is 3.16. The van der Waals surface area contributed by atoms with Crippen molar-refractivity contribution >= 4 is 39.3 Å². The molecule has 2 aromatic heterocycles. The van der Waals surface area contributed by atoms with Crippen molar-refractivity contribution in [3.8, 4) is 10.6 Å². The van der Waals surface area contributed by atoms with Crippen LogP contribution < -0.4 is 10.2 Å². The Bertz CT molecular complexity index is 1390. The lowest BCUT2D eigenvalue weighted by Crippen LogP contribution is -2.20. The summed E-state index contributed by atoms with van der Waals surface area (Å²) >= 11 is 1.44. The first-order valence-corrected chi connectivity index (χ1v) is 11.4. The molecule has 1 saturated heterocycles. The number of nitrogens with zero attached hydrogens (tertiary/aromatic N) is 6. The van der Waals surface area contributed by atoms with Crippen LogP contribution >= 0.6 is 11.3 Å². The number of hydrogen-bond acceptors (Lipinski definition) is 8. The summed E-state index contributed by atoms with van der Waals surface area (Å²) in [7, 11) is 0. The smallest absolute Gasteiger partial charge is 0.293 e. The molecule has 0 unspecified atom stereocenters. The number of nitro groups is 1. The number of amides is 1. The molecule has 168 valence electrons. The normalized spacial score (nSPS) is 13.6. The molecule has 1 aliphatic rings. The number of aryl methyl sites for hydroxylation is 2. The molecule has 4 aromatic rings. The van der Waals surface area contributed by atoms with Gasteiger partial charge in [0.15, 0.2) is 5.82 Å². The third kappa shape index (κ3) is 3.91. The summed E-state index contributed by atoms with van der Waals surface area (Å²) in [6, 6.07) is 10.3. The fourth-order valence-electron chi connectivity index (χ4n) is 4.00. The van der Waals surface area contributed by atoms with Gasteiger partial charge in [0.25, 0.3) is 11.6 Å². The highest BCUT2D eigenvalue weighted by atomic mass is 32.1. The van der Waals surface area contributed by atoms with Gasteiger partial charge in [-0.2, -0.15) is 9.61 Å². The Labute approximate surface area is 193 Å². The topological polar surface area (TPSA) is 119 Å². The third-order valence-corrected chi connectivity index (χ3v) is 6.70. The first kappa shape index (κ1) is 21.0. The van der Waals surface area contributed by atoms with Gasteiger partial charge in [0, 0.05) is 36.0 Å². The fraction of sp³-hybridized carbons (Fsp3) is 0.273. The number of carbonyl (C=O) groups excluding carboxylic acids is 1. The Morgan fingerprint density at radius 3 is 2.61 bits per heavy atom. The largest absolute Gasteiger partial charge is 0.366 e. The average molecular weight is 464 g/mol. The van der Waals surface area contributed by atoms with Gasteiger partial charge in [-0.25, -0.2) is 0 Å². The molecule has 1 fully saturated rings. The maximum atomic E-state index is 12.9. The minimum atomic E-state index is -0.424. The van der Waals surface area contributed by atoms with E-state index >= 15 is 0 Å². The highest BCUT2D eigenvalue weighted by Gasteiger charge is 2.24. The molecular weight excluding hydrogens is 442 g/mol. The molecule has 5 rings (SSSR count). The van der Waals surface area contributed by atoms with Crippen molar-refractivity contribution in [2.45, 2.75) is 26.7 Å². The van der Waals surface area contributed by atoms with Gasteiger partial charge in [-0.15, -0.1) is 10.2 Å². The van der Waals surface area contributed by atoms with Crippen LogP contribution in [0.25, 0.3) is 15.5 Å². The van der Waals surface area contributed by atoms with E-state index < -0.39 is 10.8 Å². The molecule has 1 N–H and O–H groups in total. The Hall–Kier alpha value is -3.86. The van der Waals surface area contributed by atoms with E-state index in [2.05, 4.69) is 20.6 Å². The number of nitrogens with one attached hydrogen (secondary N) is 1. The Morgan fingerprint density at radius 1 is 1.12 bits per heavy atom. The molecule has 0 aliphatic carbocycles. The minimum absolute atomic E-state index is 0.0461. The predicted molar refractivity (Wildman–Crippen MR) is 126 cm³/mol. The summed E-state index contributed by atoms with van der Waals surface area (Å²) in [6.07, 6.45) is 2.03. The molecule has 1 amide bonds. The molecular formula is C22H21N7O3S. The standard InChI is InChI=1S/C22H21N7O3S/c1-13-11-16(21-26-28-14(2)24-25-22(28)33-21)5-7-17(13)23-20(30)15-6-8-18(19(12-15)29(31)32)27-9-3-4-10-27/h5-8,11-12H,3-4,9-10H2,1-2H3,(H,23,30). The molecule has 11 heteroatoms. The van der Waals surface area contributed by atoms with Crippen LogP contribution in [0.1, 0.15) is 34.6 Å². The lowest BCUT2D eigenvalue weighted by atomic mass is 10.1. The van der Waals surface area contributed by atoms with Crippen molar-refractivity contribution in [1.82, 2.24) is 19.8 Å². The first-order valence-electron chi connectivity index (χ1n) is 10.6. The van der Waals surface area contributed by atoms with Crippen LogP contribution in [0.3, 0.4) is 0 Å². The minimum Gasteiger partial charge on any atom is -0.366 e. The lowest BCUT2D eigenvalue weighted by molar-refractivity contribution is -0.384. The van der Waals surface area contributed by atoms with E-state index in [1.54, 1.807) is 16.6 Å². The van der Waals surface area contributed by atoms with Gasteiger partial charge in [-0.3, -0.25) is 14.9 Å². The maximum absolute atomic E-state index is 12.9. The van der Waals surface area contributed by atoms with Crippen LogP contribution in [-0.4, -0.2) is 43.7 Å². The quantitative estimate of drug-likeness (QED) is 0.347. The number of rotatable bonds is 5. The molecule has 2 aromatic carbocycles. The highest BCUT2D eigenvalue weighted by Crippen LogP contribution is 2.32. The molecule has 0 atom stereocenters. The number of fused-ring (bicyclic) bond motifs is 1. The number of benzene rings is 2. The Balaban J connectivity index is 1.38. The van der Waals surface area contributed by atoms with Gasteiger partial charge in [-0.05, 0) is 62.6 Å². The summed E-state index contributed by atoms with van der Waals surface area (Å²) in [5, 5.41) is 27.9. The number of aromatic nitrogens is 4. The Kier molecular flexibility index (Phi) is 5.25. The zero-order chi connectivity index (χ0) is 23.1. The number of hydrogen-bond donors (Lipinski definition) is 1. The zero-order valence-corrected chi connectivity index (χ0v) is 18.9. The van der Waals surface area contributed by atoms with Gasteiger partial charge < -0.3 is 10.2 Å². The van der Waals surface area contributed by atoms with E-state index in [0.717, 1.165) is 52.9 Å². The van der Waals surface area contributed by atoms with E-state index in [0.29, 0.717) is 11.4 Å². The van der Waals surface area contributed by atoms with E-state index in [9.17, 15) is 14.9 Å². The third-order valence-electron chi connectivity index (χ3n) is 5.75. The number of nitro benzene ring substituents is 1. The van der Waals surface area contributed by atoms with Crippen LogP contribution in [0.5, 0.6) is 0 Å². The summed E-state index contributed by atoms with van der Waals surface area (Å²) in [6.45, 7) is 5.32. The van der Waals surface area contributed by atoms with E-state index in [1.807, 2.05) is 36.9 Å². The highest BCUT2D eigenvalue weighted by molar-refractivity contribution is 7.19. The second-order valence-corrected chi connectivity index (χ2v) is 8.94. The molecule has 0 saturated carbocycles. The van der Waals surface area contributed by atoms with Crippen LogP contribution in [0.4, 0.5) is 17.1 Å². The van der Waals surface area contributed by atoms with Crippen LogP contribution in [0, 0.1) is 24.0 Å². The van der Waals surface area contributed by atoms with Crippen molar-refractivity contribution in [3.63, 3.8) is 0 Å². The van der Waals surface area contributed by atoms with Gasteiger partial charge in [-0.1, -0.05) is 11.3 Å². The molecule has 10 nitrogen and oxygen atoms in total. The van der Waals surface area contributed by atoms with Crippen molar-refractivity contribution in [2.24, 2.45) is 0 Å². The average Bonchev–Trinajstić information content (AvgIpc) is 3.54. The van der Waals surface area contributed by atoms with Crippen LogP contribution in [0.2, 0.25) is 0 Å². The molecule has 0 radical (unpaired) electrons. The van der Waals surface area contributed by atoms with E-state index in [1.165, 1.54) is 17.4 Å². The lowest BCUT2D eigenvalue weighted by Gasteiger charge is -2.18. The molecule has 33 heavy (non-hydrogen) atoms. The molecule has 3 heterocycles. The number of carbonyl (C=O) groups is 1. The maximum Gasteiger partial charge on any atom is 0.293 e. The van der Waals surface area contributed by atoms with Gasteiger partial charge in [0.05, 0.1) is 4.92 Å². The second-order valence-electron chi connectivity index (χ2n) is 7.99. The first-order chi connectivity index (χ1) is 15.9. The van der Waals surface area contributed by atoms with Crippen molar-refractivity contribution in [2.75, 3.05) is 23.3 Å². The SMILES string of the molecule is Cc1cc(-c2nn3c(C)nnc3s2)ccc1NC(=O)c1ccc(N2CCCC2)c([N+](=O)[O-])c1.